The maximum atomic E-state index is 13.9. The summed E-state index contributed by atoms with van der Waals surface area (Å²) in [4.78, 5) is 54.5. The van der Waals surface area contributed by atoms with Gasteiger partial charge in [-0.25, -0.2) is 4.90 Å². The summed E-state index contributed by atoms with van der Waals surface area (Å²) in [5.74, 6) is -1.68. The molecule has 2 aliphatic heterocycles. The van der Waals surface area contributed by atoms with Crippen LogP contribution in [0.2, 0.25) is 0 Å². The predicted molar refractivity (Wildman–Crippen MR) is 146 cm³/mol. The van der Waals surface area contributed by atoms with Gasteiger partial charge in [0.2, 0.25) is 11.8 Å². The van der Waals surface area contributed by atoms with Gasteiger partial charge in [0.25, 0.3) is 0 Å². The average molecular weight is 620 g/mol. The van der Waals surface area contributed by atoms with Gasteiger partial charge < -0.3 is 14.2 Å². The number of carbonyl (C=O) groups is 3. The molecule has 1 fully saturated rings. The summed E-state index contributed by atoms with van der Waals surface area (Å²) in [7, 11) is 3.04. The van der Waals surface area contributed by atoms with E-state index in [-0.39, 0.29) is 29.8 Å². The largest absolute Gasteiger partial charge is 0.493 e. The number of amides is 2. The molecule has 0 radical (unpaired) electrons. The fourth-order valence-electron chi connectivity index (χ4n) is 4.84. The van der Waals surface area contributed by atoms with E-state index in [9.17, 15) is 19.2 Å². The molecule has 9 nitrogen and oxygen atoms in total. The summed E-state index contributed by atoms with van der Waals surface area (Å²) in [5, 5.41) is -0.299. The lowest BCUT2D eigenvalue weighted by atomic mass is 9.83. The van der Waals surface area contributed by atoms with E-state index in [0.29, 0.717) is 32.7 Å². The fourth-order valence-corrected chi connectivity index (χ4v) is 7.88. The third-order valence-corrected chi connectivity index (χ3v) is 9.63. The van der Waals surface area contributed by atoms with Crippen molar-refractivity contribution in [2.45, 2.75) is 29.7 Å². The van der Waals surface area contributed by atoms with Crippen molar-refractivity contribution >= 4 is 62.5 Å². The van der Waals surface area contributed by atoms with Gasteiger partial charge in [-0.05, 0) is 48.9 Å². The molecule has 0 aliphatic carbocycles. The Kier molecular flexibility index (Phi) is 7.38. The van der Waals surface area contributed by atoms with Crippen LogP contribution in [0.1, 0.15) is 23.3 Å². The molecule has 0 spiro atoms. The molecule has 2 aromatic carbocycles. The third-order valence-electron chi connectivity index (χ3n) is 6.49. The topological polar surface area (TPSA) is 104 Å². The van der Waals surface area contributed by atoms with E-state index in [1.165, 1.54) is 23.7 Å². The second-order valence-corrected chi connectivity index (χ2v) is 11.6. The predicted octanol–water partition coefficient (Wildman–Crippen LogP) is 4.05. The lowest BCUT2D eigenvalue weighted by Gasteiger charge is -2.31. The van der Waals surface area contributed by atoms with Crippen LogP contribution in [-0.2, 0) is 25.7 Å². The maximum absolute atomic E-state index is 13.9. The summed E-state index contributed by atoms with van der Waals surface area (Å²) in [6.45, 7) is 1.59. The van der Waals surface area contributed by atoms with Crippen LogP contribution in [0.15, 0.2) is 56.8 Å². The van der Waals surface area contributed by atoms with E-state index >= 15 is 0 Å². The zero-order valence-corrected chi connectivity index (χ0v) is 23.9. The van der Waals surface area contributed by atoms with Crippen molar-refractivity contribution < 1.29 is 28.6 Å². The molecule has 12 heteroatoms. The van der Waals surface area contributed by atoms with Crippen LogP contribution in [-0.4, -0.2) is 48.4 Å². The highest BCUT2D eigenvalue weighted by molar-refractivity contribution is 9.10. The number of aromatic nitrogens is 1. The molecule has 3 aromatic rings. The molecule has 0 N–H and O–H groups in total. The van der Waals surface area contributed by atoms with E-state index in [1.54, 1.807) is 43.3 Å². The smallest absolute Gasteiger partial charge is 0.326 e. The van der Waals surface area contributed by atoms with Crippen LogP contribution in [0, 0.1) is 5.92 Å². The number of anilines is 1. The Bertz CT molecular complexity index is 1480. The van der Waals surface area contributed by atoms with E-state index < -0.39 is 23.1 Å². The second-order valence-electron chi connectivity index (χ2n) is 8.57. The number of nitrogens with zero attached hydrogens (tertiary/aromatic N) is 2. The number of halogens is 1. The van der Waals surface area contributed by atoms with Crippen molar-refractivity contribution in [3.05, 3.63) is 67.0 Å². The lowest BCUT2D eigenvalue weighted by Crippen LogP contribution is -2.32. The molecule has 0 saturated carbocycles. The van der Waals surface area contributed by atoms with Crippen LogP contribution in [0.3, 0.4) is 0 Å². The zero-order valence-electron chi connectivity index (χ0n) is 20.6. The first-order valence-corrected chi connectivity index (χ1v) is 14.2. The molecule has 5 rings (SSSR count). The first-order valence-electron chi connectivity index (χ1n) is 11.7. The highest BCUT2D eigenvalue weighted by atomic mass is 79.9. The van der Waals surface area contributed by atoms with Gasteiger partial charge in [-0.15, -0.1) is 0 Å². The van der Waals surface area contributed by atoms with Gasteiger partial charge in [0, 0.05) is 15.3 Å². The van der Waals surface area contributed by atoms with E-state index in [2.05, 4.69) is 15.9 Å². The Hall–Kier alpha value is -3.09. The minimum atomic E-state index is -0.792. The van der Waals surface area contributed by atoms with E-state index in [0.717, 1.165) is 27.6 Å². The first-order chi connectivity index (χ1) is 18.3. The van der Waals surface area contributed by atoms with Crippen molar-refractivity contribution in [3.8, 4) is 11.5 Å². The number of thiazole rings is 1. The summed E-state index contributed by atoms with van der Waals surface area (Å²) < 4.78 is 18.1. The van der Waals surface area contributed by atoms with Gasteiger partial charge in [-0.3, -0.25) is 23.7 Å². The molecule has 198 valence electrons. The number of ether oxygens (including phenoxy) is 3. The number of methoxy groups -OCH3 is 2. The van der Waals surface area contributed by atoms with Crippen molar-refractivity contribution in [1.82, 2.24) is 4.57 Å². The zero-order chi connectivity index (χ0) is 27.1. The average Bonchev–Trinajstić information content (AvgIpc) is 3.35. The molecule has 2 amide bonds. The number of rotatable bonds is 7. The Morgan fingerprint density at radius 3 is 2.37 bits per heavy atom. The van der Waals surface area contributed by atoms with Gasteiger partial charge in [0.1, 0.15) is 11.8 Å². The van der Waals surface area contributed by atoms with Crippen molar-refractivity contribution in [2.24, 2.45) is 5.92 Å². The van der Waals surface area contributed by atoms with Crippen molar-refractivity contribution in [3.63, 3.8) is 0 Å². The second kappa shape index (κ2) is 10.6. The molecular formula is C26H23BrN2O7S2. The molecule has 3 atom stereocenters. The Morgan fingerprint density at radius 2 is 1.71 bits per heavy atom. The van der Waals surface area contributed by atoms with Gasteiger partial charge in [0.15, 0.2) is 11.5 Å². The standard InChI is InChI=1S/C26H23BrN2O7S2/c1-4-36-18(30)12-28-25-22(38-26(28)33)19(13-5-10-16(34-2)17(11-13)35-3)20-21(37-25)24(32)29(23(20)31)15-8-6-14(27)7-9-15/h5-11,19-21H,4,12H2,1-3H3/t19-,20-,21+/m0/s1. The number of imide groups is 1. The number of benzene rings is 2. The monoisotopic (exact) mass is 618 g/mol. The number of esters is 1. The quantitative estimate of drug-likeness (QED) is 0.289. The first kappa shape index (κ1) is 26.5. The van der Waals surface area contributed by atoms with E-state index in [4.69, 9.17) is 14.2 Å². The lowest BCUT2D eigenvalue weighted by molar-refractivity contribution is -0.144. The fraction of sp³-hybridized carbons (Fsp3) is 0.308. The van der Waals surface area contributed by atoms with Crippen LogP contribution in [0.25, 0.3) is 0 Å². The van der Waals surface area contributed by atoms with Crippen LogP contribution < -0.4 is 19.2 Å². The normalized spacial score (nSPS) is 20.2. The highest BCUT2D eigenvalue weighted by Crippen LogP contribution is 2.54. The van der Waals surface area contributed by atoms with E-state index in [1.807, 2.05) is 6.07 Å². The van der Waals surface area contributed by atoms with Gasteiger partial charge in [0.05, 0.1) is 37.5 Å². The van der Waals surface area contributed by atoms with Crippen LogP contribution >= 0.6 is 39.0 Å². The van der Waals surface area contributed by atoms with Crippen LogP contribution in [0.5, 0.6) is 11.5 Å². The van der Waals surface area contributed by atoms with Crippen molar-refractivity contribution in [1.29, 1.82) is 0 Å². The molecule has 0 unspecified atom stereocenters. The number of thioether (sulfide) groups is 1. The minimum absolute atomic E-state index is 0.182. The number of hydrogen-bond acceptors (Lipinski definition) is 9. The summed E-state index contributed by atoms with van der Waals surface area (Å²) in [5.41, 5.74) is 1.17. The summed E-state index contributed by atoms with van der Waals surface area (Å²) in [6.07, 6.45) is 0. The SMILES string of the molecule is CCOC(=O)Cn1c2c(sc1=O)[C@@H](c1ccc(OC)c(OC)c1)[C@@H]1C(=O)N(c3ccc(Br)cc3)C(=O)[C@@H]1S2. The molecule has 0 bridgehead atoms. The molecule has 3 heterocycles. The summed E-state index contributed by atoms with van der Waals surface area (Å²) >= 11 is 5.51. The van der Waals surface area contributed by atoms with Gasteiger partial charge >= 0.3 is 10.8 Å². The highest BCUT2D eigenvalue weighted by Gasteiger charge is 2.57. The number of fused-ring (bicyclic) bond motifs is 2. The van der Waals surface area contributed by atoms with Gasteiger partial charge in [-0.1, -0.05) is 45.1 Å². The number of hydrogen-bond donors (Lipinski definition) is 0. The van der Waals surface area contributed by atoms with Crippen molar-refractivity contribution in [2.75, 3.05) is 25.7 Å². The molecule has 1 aromatic heterocycles. The Labute approximate surface area is 234 Å². The maximum Gasteiger partial charge on any atom is 0.326 e. The Morgan fingerprint density at radius 1 is 1.00 bits per heavy atom. The third kappa shape index (κ3) is 4.44. The van der Waals surface area contributed by atoms with Gasteiger partial charge in [-0.2, -0.15) is 0 Å². The molecular weight excluding hydrogens is 596 g/mol. The summed E-state index contributed by atoms with van der Waals surface area (Å²) in [6, 6.07) is 12.3. The number of carbonyl (C=O) groups excluding carboxylic acids is 3. The molecule has 38 heavy (non-hydrogen) atoms. The minimum Gasteiger partial charge on any atom is -0.493 e. The Balaban J connectivity index is 1.67. The molecule has 2 aliphatic rings. The molecule has 1 saturated heterocycles. The van der Waals surface area contributed by atoms with Crippen LogP contribution in [0.4, 0.5) is 5.69 Å².